The number of nitrogens with zero attached hydrogens (tertiary/aromatic N) is 2. The molecule has 2 amide bonds. The van der Waals surface area contributed by atoms with Crippen LogP contribution in [-0.2, 0) is 26.2 Å². The number of carbonyl (C=O) groups is 2. The first kappa shape index (κ1) is 34.0. The van der Waals surface area contributed by atoms with E-state index in [1.807, 2.05) is 27.7 Å². The number of aryl methyl sites for hydroxylation is 1. The summed E-state index contributed by atoms with van der Waals surface area (Å²) in [6.45, 7) is 8.04. The molecule has 1 atom stereocenters. The molecular weight excluding hydrogens is 613 g/mol. The van der Waals surface area contributed by atoms with Gasteiger partial charge in [0.15, 0.2) is 0 Å². The van der Waals surface area contributed by atoms with Crippen LogP contribution >= 0.6 is 23.2 Å². The molecule has 12 heteroatoms. The van der Waals surface area contributed by atoms with E-state index in [0.29, 0.717) is 21.4 Å². The van der Waals surface area contributed by atoms with Crippen LogP contribution in [-0.4, -0.2) is 57.5 Å². The van der Waals surface area contributed by atoms with Crippen molar-refractivity contribution >= 4 is 50.7 Å². The van der Waals surface area contributed by atoms with Gasteiger partial charge in [0, 0.05) is 33.8 Å². The number of amides is 2. The zero-order valence-electron chi connectivity index (χ0n) is 25.3. The van der Waals surface area contributed by atoms with E-state index in [2.05, 4.69) is 5.32 Å². The van der Waals surface area contributed by atoms with Gasteiger partial charge in [-0.2, -0.15) is 0 Å². The summed E-state index contributed by atoms with van der Waals surface area (Å²) in [5.74, 6) is -0.558. The highest BCUT2D eigenvalue weighted by atomic mass is 35.5. The van der Waals surface area contributed by atoms with Crippen molar-refractivity contribution < 1.29 is 27.5 Å². The summed E-state index contributed by atoms with van der Waals surface area (Å²) in [7, 11) is -1.48. The number of methoxy groups -OCH3 is 2. The van der Waals surface area contributed by atoms with Crippen LogP contribution in [0, 0.1) is 6.92 Å². The van der Waals surface area contributed by atoms with Crippen molar-refractivity contribution in [1.82, 2.24) is 10.2 Å². The number of nitrogens with one attached hydrogen (secondary N) is 1. The molecule has 9 nitrogen and oxygen atoms in total. The topological polar surface area (TPSA) is 105 Å². The molecule has 0 fully saturated rings. The summed E-state index contributed by atoms with van der Waals surface area (Å²) in [5, 5.41) is 3.48. The third-order valence-electron chi connectivity index (χ3n) is 6.60. The Kier molecular flexibility index (Phi) is 11.0. The molecule has 0 aliphatic rings. The number of sulfonamides is 1. The predicted molar refractivity (Wildman–Crippen MR) is 170 cm³/mol. The van der Waals surface area contributed by atoms with Crippen LogP contribution < -0.4 is 19.1 Å². The van der Waals surface area contributed by atoms with Gasteiger partial charge in [0.1, 0.15) is 24.1 Å². The summed E-state index contributed by atoms with van der Waals surface area (Å²) in [5.41, 5.74) is 0.776. The van der Waals surface area contributed by atoms with E-state index in [-0.39, 0.29) is 22.9 Å². The van der Waals surface area contributed by atoms with E-state index in [0.717, 1.165) is 9.87 Å². The SMILES string of the molecule is COc1ccc(OC)c(N(CC(=O)N(Cc2c(Cl)cccc2Cl)[C@@H](C)C(=O)NC(C)(C)C)S(=O)(=O)c2ccc(C)cc2)c1. The monoisotopic (exact) mass is 649 g/mol. The van der Waals surface area contributed by atoms with E-state index in [1.54, 1.807) is 49.4 Å². The second-order valence-corrected chi connectivity index (χ2v) is 13.7. The third-order valence-corrected chi connectivity index (χ3v) is 9.08. The minimum Gasteiger partial charge on any atom is -0.497 e. The van der Waals surface area contributed by atoms with Gasteiger partial charge in [-0.05, 0) is 71.0 Å². The Balaban J connectivity index is 2.17. The Labute approximate surface area is 263 Å². The molecular formula is C31H37Cl2N3O6S. The Bertz CT molecular complexity index is 1550. The molecule has 0 heterocycles. The molecule has 43 heavy (non-hydrogen) atoms. The van der Waals surface area contributed by atoms with Crippen LogP contribution in [0.15, 0.2) is 65.6 Å². The van der Waals surface area contributed by atoms with Crippen LogP contribution in [0.3, 0.4) is 0 Å². The number of ether oxygens (including phenoxy) is 2. The maximum atomic E-state index is 14.2. The average molecular weight is 651 g/mol. The van der Waals surface area contributed by atoms with Crippen molar-refractivity contribution in [1.29, 1.82) is 0 Å². The molecule has 0 saturated carbocycles. The van der Waals surface area contributed by atoms with Crippen LogP contribution in [0.1, 0.15) is 38.8 Å². The van der Waals surface area contributed by atoms with E-state index >= 15 is 0 Å². The number of hydrogen-bond donors (Lipinski definition) is 1. The molecule has 0 aliphatic carbocycles. The smallest absolute Gasteiger partial charge is 0.264 e. The first-order chi connectivity index (χ1) is 20.1. The highest BCUT2D eigenvalue weighted by Crippen LogP contribution is 2.36. The summed E-state index contributed by atoms with van der Waals surface area (Å²) in [6, 6.07) is 14.8. The fraction of sp³-hybridized carbons (Fsp3) is 0.355. The maximum Gasteiger partial charge on any atom is 0.264 e. The summed E-state index contributed by atoms with van der Waals surface area (Å²) >= 11 is 12.9. The Morgan fingerprint density at radius 2 is 1.56 bits per heavy atom. The fourth-order valence-electron chi connectivity index (χ4n) is 4.25. The molecule has 1 N–H and O–H groups in total. The normalized spacial score (nSPS) is 12.3. The molecule has 0 unspecified atom stereocenters. The van der Waals surface area contributed by atoms with Crippen LogP contribution in [0.4, 0.5) is 5.69 Å². The lowest BCUT2D eigenvalue weighted by Crippen LogP contribution is -2.54. The zero-order chi connectivity index (χ0) is 32.1. The van der Waals surface area contributed by atoms with E-state index in [1.165, 1.54) is 37.3 Å². The number of rotatable bonds is 11. The lowest BCUT2D eigenvalue weighted by Gasteiger charge is -2.34. The van der Waals surface area contributed by atoms with E-state index < -0.39 is 40.0 Å². The minimum atomic E-state index is -4.32. The molecule has 0 spiro atoms. The van der Waals surface area contributed by atoms with Crippen molar-refractivity contribution in [3.05, 3.63) is 81.8 Å². The van der Waals surface area contributed by atoms with Crippen molar-refractivity contribution in [2.45, 2.75) is 57.6 Å². The molecule has 3 aromatic rings. The zero-order valence-corrected chi connectivity index (χ0v) is 27.6. The van der Waals surface area contributed by atoms with Crippen LogP contribution in [0.2, 0.25) is 10.0 Å². The Morgan fingerprint density at radius 1 is 0.953 bits per heavy atom. The highest BCUT2D eigenvalue weighted by Gasteiger charge is 2.35. The van der Waals surface area contributed by atoms with Crippen molar-refractivity contribution in [3.63, 3.8) is 0 Å². The molecule has 3 rings (SSSR count). The Morgan fingerprint density at radius 3 is 2.09 bits per heavy atom. The molecule has 0 bridgehead atoms. The molecule has 3 aromatic carbocycles. The van der Waals surface area contributed by atoms with Crippen LogP contribution in [0.25, 0.3) is 0 Å². The largest absolute Gasteiger partial charge is 0.497 e. The number of benzene rings is 3. The quantitative estimate of drug-likeness (QED) is 0.280. The van der Waals surface area contributed by atoms with Gasteiger partial charge in [-0.25, -0.2) is 8.42 Å². The van der Waals surface area contributed by atoms with E-state index in [4.69, 9.17) is 32.7 Å². The van der Waals surface area contributed by atoms with Crippen molar-refractivity contribution in [2.75, 3.05) is 25.1 Å². The molecule has 232 valence electrons. The summed E-state index contributed by atoms with van der Waals surface area (Å²) in [6.07, 6.45) is 0. The number of hydrogen-bond acceptors (Lipinski definition) is 6. The van der Waals surface area contributed by atoms with Gasteiger partial charge in [-0.1, -0.05) is 47.0 Å². The molecule has 0 aliphatic heterocycles. The first-order valence-electron chi connectivity index (χ1n) is 13.4. The second-order valence-electron chi connectivity index (χ2n) is 11.0. The predicted octanol–water partition coefficient (Wildman–Crippen LogP) is 5.85. The third kappa shape index (κ3) is 8.34. The molecule has 0 saturated heterocycles. The van der Waals surface area contributed by atoms with Gasteiger partial charge in [0.05, 0.1) is 24.8 Å². The Hall–Kier alpha value is -3.47. The van der Waals surface area contributed by atoms with Crippen LogP contribution in [0.5, 0.6) is 11.5 Å². The first-order valence-corrected chi connectivity index (χ1v) is 15.6. The van der Waals surface area contributed by atoms with Crippen molar-refractivity contribution in [2.24, 2.45) is 0 Å². The molecule has 0 radical (unpaired) electrons. The standard InChI is InChI=1S/C31H37Cl2N3O6S/c1-20-11-14-23(15-12-20)43(39,40)36(27-17-22(41-6)13-16-28(27)42-7)19-29(37)35(21(2)30(38)34-31(3,4)5)18-24-25(32)9-8-10-26(24)33/h8-17,21H,18-19H2,1-7H3,(H,34,38)/t21-/m0/s1. The summed E-state index contributed by atoms with van der Waals surface area (Å²) < 4.78 is 40.1. The lowest BCUT2D eigenvalue weighted by atomic mass is 10.1. The fourth-order valence-corrected chi connectivity index (χ4v) is 6.19. The highest BCUT2D eigenvalue weighted by molar-refractivity contribution is 7.92. The second kappa shape index (κ2) is 13.9. The maximum absolute atomic E-state index is 14.2. The van der Waals surface area contributed by atoms with Gasteiger partial charge in [-0.3, -0.25) is 13.9 Å². The molecule has 0 aromatic heterocycles. The van der Waals surface area contributed by atoms with Gasteiger partial charge >= 0.3 is 0 Å². The van der Waals surface area contributed by atoms with Gasteiger partial charge in [-0.15, -0.1) is 0 Å². The van der Waals surface area contributed by atoms with Gasteiger partial charge in [0.2, 0.25) is 11.8 Å². The van der Waals surface area contributed by atoms with Crippen molar-refractivity contribution in [3.8, 4) is 11.5 Å². The van der Waals surface area contributed by atoms with Gasteiger partial charge < -0.3 is 19.7 Å². The number of halogens is 2. The number of anilines is 1. The lowest BCUT2D eigenvalue weighted by molar-refractivity contribution is -0.140. The van der Waals surface area contributed by atoms with Gasteiger partial charge in [0.25, 0.3) is 10.0 Å². The average Bonchev–Trinajstić information content (AvgIpc) is 2.94. The van der Waals surface area contributed by atoms with E-state index in [9.17, 15) is 18.0 Å². The summed E-state index contributed by atoms with van der Waals surface area (Å²) in [4.78, 5) is 28.8. The number of carbonyl (C=O) groups excluding carboxylic acids is 2. The minimum absolute atomic E-state index is 0.0324.